The lowest BCUT2D eigenvalue weighted by atomic mass is 9.83. The summed E-state index contributed by atoms with van der Waals surface area (Å²) in [4.78, 5) is 24.8. The van der Waals surface area contributed by atoms with Crippen LogP contribution in [0.4, 0.5) is 19.1 Å². The summed E-state index contributed by atoms with van der Waals surface area (Å²) < 4.78 is 40.8. The molecule has 0 saturated carbocycles. The van der Waals surface area contributed by atoms with Gasteiger partial charge in [-0.3, -0.25) is 0 Å². The van der Waals surface area contributed by atoms with Gasteiger partial charge < -0.3 is 19.3 Å². The lowest BCUT2D eigenvalue weighted by Gasteiger charge is -2.44. The number of imidazole rings is 1. The van der Waals surface area contributed by atoms with E-state index in [2.05, 4.69) is 51.5 Å². The van der Waals surface area contributed by atoms with Crippen molar-refractivity contribution in [1.82, 2.24) is 19.5 Å². The summed E-state index contributed by atoms with van der Waals surface area (Å²) in [5, 5.41) is 7.12. The lowest BCUT2D eigenvalue weighted by molar-refractivity contribution is -0.192. The van der Waals surface area contributed by atoms with Crippen LogP contribution in [-0.4, -0.2) is 49.9 Å². The Morgan fingerprint density at radius 3 is 2.34 bits per heavy atom. The second-order valence-electron chi connectivity index (χ2n) is 8.92. The third-order valence-electron chi connectivity index (χ3n) is 5.93. The molecule has 1 saturated heterocycles. The zero-order chi connectivity index (χ0) is 25.2. The Kier molecular flexibility index (Phi) is 6.68. The van der Waals surface area contributed by atoms with Crippen molar-refractivity contribution in [3.05, 3.63) is 54.7 Å². The molecule has 1 spiro atoms. The third kappa shape index (κ3) is 5.08. The molecule has 1 fully saturated rings. The van der Waals surface area contributed by atoms with Gasteiger partial charge in [-0.15, -0.1) is 0 Å². The highest BCUT2D eigenvalue weighted by atomic mass is 19.4. The number of carboxylic acids is 1. The van der Waals surface area contributed by atoms with E-state index in [1.165, 1.54) is 5.69 Å². The molecule has 0 atom stereocenters. The number of anilines is 1. The quantitative estimate of drug-likeness (QED) is 0.578. The Morgan fingerprint density at radius 2 is 1.74 bits per heavy atom. The minimum absolute atomic E-state index is 0.347. The Balaban J connectivity index is 0.000000364. The van der Waals surface area contributed by atoms with Crippen molar-refractivity contribution in [3.63, 3.8) is 0 Å². The van der Waals surface area contributed by atoms with Gasteiger partial charge in [-0.05, 0) is 24.1 Å². The number of hydrogen-bond donors (Lipinski definition) is 1. The monoisotopic (exact) mass is 489 g/mol. The molecule has 2 aliphatic heterocycles. The van der Waals surface area contributed by atoms with Gasteiger partial charge in [0.05, 0.1) is 17.7 Å². The van der Waals surface area contributed by atoms with Crippen molar-refractivity contribution in [2.24, 2.45) is 5.92 Å². The average Bonchev–Trinajstić information content (AvgIpc) is 3.24. The number of alkyl halides is 3. The molecule has 0 radical (unpaired) electrons. The number of carboxylic acid groups (broad SMARTS) is 1. The van der Waals surface area contributed by atoms with Crippen LogP contribution in [0.2, 0.25) is 0 Å². The maximum Gasteiger partial charge on any atom is 0.490 e. The van der Waals surface area contributed by atoms with Crippen molar-refractivity contribution >= 4 is 11.9 Å². The number of aromatic nitrogens is 4. The molecule has 2 aliphatic rings. The molecular weight excluding hydrogens is 463 g/mol. The van der Waals surface area contributed by atoms with Gasteiger partial charge in [0.2, 0.25) is 5.95 Å². The summed E-state index contributed by atoms with van der Waals surface area (Å²) in [6, 6.07) is 10.1. The molecule has 1 aromatic carbocycles. The predicted octanol–water partition coefficient (Wildman–Crippen LogP) is 4.52. The van der Waals surface area contributed by atoms with Crippen molar-refractivity contribution in [2.45, 2.75) is 45.0 Å². The van der Waals surface area contributed by atoms with Crippen LogP contribution in [0, 0.1) is 5.92 Å². The van der Waals surface area contributed by atoms with Crippen LogP contribution < -0.4 is 9.64 Å². The number of benzene rings is 1. The van der Waals surface area contributed by atoms with E-state index in [4.69, 9.17) is 19.6 Å². The highest BCUT2D eigenvalue weighted by Crippen LogP contribution is 2.49. The van der Waals surface area contributed by atoms with Gasteiger partial charge in [-0.1, -0.05) is 26.0 Å². The standard InChI is InChI=1S/C22H25N5O.C2HF3O2/c1-16(2)14-27-15-25-19-17-6-3-4-7-18(17)28-22(20(19)27)8-12-26(13-9-22)21-23-10-5-11-24-21;3-2(4,5)1(6)7/h3-7,10-11,15-16H,8-9,12-14H2,1-2H3;(H,6,7). The summed E-state index contributed by atoms with van der Waals surface area (Å²) in [7, 11) is 0. The molecule has 5 rings (SSSR count). The molecule has 0 amide bonds. The van der Waals surface area contributed by atoms with Crippen LogP contribution >= 0.6 is 0 Å². The van der Waals surface area contributed by atoms with Crippen molar-refractivity contribution in [3.8, 4) is 17.0 Å². The maximum absolute atomic E-state index is 10.6. The van der Waals surface area contributed by atoms with E-state index >= 15 is 0 Å². The Hall–Kier alpha value is -3.63. The van der Waals surface area contributed by atoms with Crippen LogP contribution in [0.15, 0.2) is 49.1 Å². The number of fused-ring (bicyclic) bond motifs is 4. The van der Waals surface area contributed by atoms with Crippen molar-refractivity contribution < 1.29 is 27.8 Å². The summed E-state index contributed by atoms with van der Waals surface area (Å²) in [5.41, 5.74) is 3.06. The first-order chi connectivity index (χ1) is 16.6. The highest BCUT2D eigenvalue weighted by molar-refractivity contribution is 5.73. The zero-order valence-electron chi connectivity index (χ0n) is 19.4. The number of para-hydroxylation sites is 1. The number of ether oxygens (including phenoxy) is 1. The summed E-state index contributed by atoms with van der Waals surface area (Å²) in [5.74, 6) is -0.475. The molecule has 11 heteroatoms. The molecule has 1 N–H and O–H groups in total. The normalized spacial score (nSPS) is 16.1. The fourth-order valence-electron chi connectivity index (χ4n) is 4.46. The van der Waals surface area contributed by atoms with E-state index in [1.54, 1.807) is 12.4 Å². The number of halogens is 3. The molecular formula is C24H26F3N5O3. The molecule has 3 aromatic rings. The van der Waals surface area contributed by atoms with Crippen LogP contribution in [-0.2, 0) is 16.9 Å². The topological polar surface area (TPSA) is 93.4 Å². The number of hydrogen-bond acceptors (Lipinski definition) is 6. The Morgan fingerprint density at radius 1 is 1.11 bits per heavy atom. The summed E-state index contributed by atoms with van der Waals surface area (Å²) in [6.07, 6.45) is 2.28. The third-order valence-corrected chi connectivity index (χ3v) is 5.93. The van der Waals surface area contributed by atoms with Crippen LogP contribution in [0.25, 0.3) is 11.3 Å². The minimum atomic E-state index is -5.08. The Bertz CT molecular complexity index is 1170. The SMILES string of the molecule is CC(C)Cn1cnc2c1C1(CCN(c3ncccn3)CC1)Oc1ccccc1-2.O=C(O)C(F)(F)F. The van der Waals surface area contributed by atoms with E-state index in [0.717, 1.165) is 55.4 Å². The van der Waals surface area contributed by atoms with E-state index in [-0.39, 0.29) is 5.60 Å². The second-order valence-corrected chi connectivity index (χ2v) is 8.92. The predicted molar refractivity (Wildman–Crippen MR) is 122 cm³/mol. The molecule has 0 unspecified atom stereocenters. The first kappa shape index (κ1) is 24.5. The van der Waals surface area contributed by atoms with E-state index in [9.17, 15) is 13.2 Å². The van der Waals surface area contributed by atoms with Gasteiger partial charge >= 0.3 is 12.1 Å². The highest BCUT2D eigenvalue weighted by Gasteiger charge is 2.46. The van der Waals surface area contributed by atoms with Crippen LogP contribution in [0.5, 0.6) is 5.75 Å². The number of aliphatic carboxylic acids is 1. The zero-order valence-corrected chi connectivity index (χ0v) is 19.4. The molecule has 35 heavy (non-hydrogen) atoms. The first-order valence-corrected chi connectivity index (χ1v) is 11.3. The smallest absolute Gasteiger partial charge is 0.480 e. The van der Waals surface area contributed by atoms with Crippen molar-refractivity contribution in [2.75, 3.05) is 18.0 Å². The van der Waals surface area contributed by atoms with E-state index < -0.39 is 12.1 Å². The van der Waals surface area contributed by atoms with Crippen LogP contribution in [0.1, 0.15) is 32.4 Å². The Labute approximate surface area is 200 Å². The molecule has 0 bridgehead atoms. The van der Waals surface area contributed by atoms with Gasteiger partial charge in [-0.2, -0.15) is 13.2 Å². The molecule has 2 aromatic heterocycles. The molecule has 8 nitrogen and oxygen atoms in total. The van der Waals surface area contributed by atoms with Crippen molar-refractivity contribution in [1.29, 1.82) is 0 Å². The number of carbonyl (C=O) groups is 1. The number of nitrogens with zero attached hydrogens (tertiary/aromatic N) is 5. The second kappa shape index (κ2) is 9.55. The van der Waals surface area contributed by atoms with Gasteiger partial charge in [0.1, 0.15) is 5.75 Å². The van der Waals surface area contributed by atoms with E-state index in [0.29, 0.717) is 5.92 Å². The molecule has 0 aliphatic carbocycles. The van der Waals surface area contributed by atoms with Gasteiger partial charge in [0.25, 0.3) is 0 Å². The van der Waals surface area contributed by atoms with Crippen LogP contribution in [0.3, 0.4) is 0 Å². The fourth-order valence-corrected chi connectivity index (χ4v) is 4.46. The molecule has 186 valence electrons. The summed E-state index contributed by atoms with van der Waals surface area (Å²) in [6.45, 7) is 7.15. The average molecular weight is 489 g/mol. The van der Waals surface area contributed by atoms with Gasteiger partial charge in [-0.25, -0.2) is 19.7 Å². The summed E-state index contributed by atoms with van der Waals surface area (Å²) >= 11 is 0. The first-order valence-electron chi connectivity index (χ1n) is 11.3. The van der Waals surface area contributed by atoms with Gasteiger partial charge in [0, 0.05) is 50.4 Å². The minimum Gasteiger partial charge on any atom is -0.480 e. The van der Waals surface area contributed by atoms with E-state index in [1.807, 2.05) is 18.5 Å². The van der Waals surface area contributed by atoms with Gasteiger partial charge in [0.15, 0.2) is 5.60 Å². The molecule has 4 heterocycles. The number of rotatable bonds is 3. The fraction of sp³-hybridized carbons (Fsp3) is 0.417. The number of piperidine rings is 1. The maximum atomic E-state index is 10.6. The largest absolute Gasteiger partial charge is 0.490 e. The lowest BCUT2D eigenvalue weighted by Crippen LogP contribution is -2.49.